The van der Waals surface area contributed by atoms with E-state index in [2.05, 4.69) is 14.8 Å². The smallest absolute Gasteiger partial charge is 0.434 e. The molecule has 0 amide bonds. The van der Waals surface area contributed by atoms with E-state index < -0.39 is 50.1 Å². The lowest BCUT2D eigenvalue weighted by molar-refractivity contribution is 0.0691. The van der Waals surface area contributed by atoms with Crippen LogP contribution in [0.1, 0.15) is 51.8 Å². The van der Waals surface area contributed by atoms with Gasteiger partial charge in [0.15, 0.2) is 5.03 Å². The first-order valence-corrected chi connectivity index (χ1v) is 11.0. The monoisotopic (exact) mass is 484 g/mol. The molecule has 0 fully saturated rings. The zero-order chi connectivity index (χ0) is 23.8. The number of carboxylic acids is 1. The number of nitrogens with zero attached hydrogens (tertiary/aromatic N) is 2. The van der Waals surface area contributed by atoms with E-state index in [-0.39, 0.29) is 16.5 Å². The molecule has 0 radical (unpaired) electrons. The molecule has 2 heterocycles. The summed E-state index contributed by atoms with van der Waals surface area (Å²) in [5.41, 5.74) is 0.824. The SMILES string of the molecule is Cc1ccc(F)c([C@@H](C)[C@H](NS(=O)(=O)c2ncc(Cl)cc2C(=O)O)c2n[nH]c(=O)o2)c1C. The Morgan fingerprint density at radius 3 is 2.62 bits per heavy atom. The number of H-pyrrole nitrogens is 1. The number of aromatic amines is 1. The third-order valence-corrected chi connectivity index (χ3v) is 6.60. The summed E-state index contributed by atoms with van der Waals surface area (Å²) in [6.45, 7) is 4.94. The van der Waals surface area contributed by atoms with Crippen LogP contribution in [0.5, 0.6) is 0 Å². The maximum atomic E-state index is 14.7. The van der Waals surface area contributed by atoms with Crippen molar-refractivity contribution in [1.29, 1.82) is 0 Å². The Bertz CT molecular complexity index is 1350. The maximum Gasteiger partial charge on any atom is 0.434 e. The van der Waals surface area contributed by atoms with Crippen LogP contribution < -0.4 is 10.5 Å². The lowest BCUT2D eigenvalue weighted by Gasteiger charge is -2.25. The van der Waals surface area contributed by atoms with Crippen LogP contribution >= 0.6 is 11.6 Å². The molecule has 0 saturated carbocycles. The first kappa shape index (κ1) is 23.6. The first-order chi connectivity index (χ1) is 14.9. The second kappa shape index (κ2) is 8.81. The van der Waals surface area contributed by atoms with Gasteiger partial charge >= 0.3 is 11.7 Å². The molecule has 0 saturated heterocycles. The zero-order valence-corrected chi connectivity index (χ0v) is 18.6. The van der Waals surface area contributed by atoms with E-state index in [0.717, 1.165) is 17.8 Å². The molecule has 0 aliphatic carbocycles. The Morgan fingerprint density at radius 1 is 1.34 bits per heavy atom. The molecule has 3 aromatic rings. The second-order valence-corrected chi connectivity index (χ2v) is 9.12. The number of halogens is 2. The summed E-state index contributed by atoms with van der Waals surface area (Å²) in [5.74, 6) is -4.40. The van der Waals surface area contributed by atoms with Crippen molar-refractivity contribution < 1.29 is 27.1 Å². The lowest BCUT2D eigenvalue weighted by atomic mass is 9.88. The van der Waals surface area contributed by atoms with E-state index in [0.29, 0.717) is 5.56 Å². The number of benzene rings is 1. The number of pyridine rings is 1. The Hall–Kier alpha value is -3.09. The summed E-state index contributed by atoms with van der Waals surface area (Å²) >= 11 is 5.75. The number of aromatic nitrogens is 3. The van der Waals surface area contributed by atoms with Gasteiger partial charge in [0.2, 0.25) is 5.89 Å². The minimum absolute atomic E-state index is 0.0815. The van der Waals surface area contributed by atoms with E-state index in [1.54, 1.807) is 19.9 Å². The zero-order valence-electron chi connectivity index (χ0n) is 17.0. The fourth-order valence-corrected chi connectivity index (χ4v) is 4.82. The third kappa shape index (κ3) is 4.56. The quantitative estimate of drug-likeness (QED) is 0.462. The van der Waals surface area contributed by atoms with Gasteiger partial charge in [-0.2, -0.15) is 4.72 Å². The molecular weight excluding hydrogens is 467 g/mol. The minimum Gasteiger partial charge on any atom is -0.478 e. The largest absolute Gasteiger partial charge is 0.478 e. The van der Waals surface area contributed by atoms with Gasteiger partial charge in [-0.25, -0.2) is 32.5 Å². The predicted molar refractivity (Wildman–Crippen MR) is 111 cm³/mol. The number of rotatable bonds is 7. The topological polar surface area (TPSA) is 155 Å². The van der Waals surface area contributed by atoms with Gasteiger partial charge in [0.25, 0.3) is 10.0 Å². The molecule has 0 aliphatic rings. The van der Waals surface area contributed by atoms with E-state index in [1.807, 2.05) is 5.10 Å². The summed E-state index contributed by atoms with van der Waals surface area (Å²) < 4.78 is 48.1. The van der Waals surface area contributed by atoms with E-state index in [1.165, 1.54) is 13.0 Å². The van der Waals surface area contributed by atoms with Crippen molar-refractivity contribution in [2.75, 3.05) is 0 Å². The Balaban J connectivity index is 2.14. The molecule has 1 aromatic carbocycles. The van der Waals surface area contributed by atoms with E-state index in [4.69, 9.17) is 16.0 Å². The number of sulfonamides is 1. The molecule has 2 atom stereocenters. The number of aromatic carboxylic acids is 1. The van der Waals surface area contributed by atoms with Crippen molar-refractivity contribution >= 4 is 27.6 Å². The van der Waals surface area contributed by atoms with Crippen molar-refractivity contribution in [2.24, 2.45) is 0 Å². The molecule has 0 unspecified atom stereocenters. The normalized spacial score (nSPS) is 13.7. The molecule has 2 aromatic heterocycles. The summed E-state index contributed by atoms with van der Waals surface area (Å²) in [6.07, 6.45) is 0.972. The van der Waals surface area contributed by atoms with Gasteiger partial charge in [-0.15, -0.1) is 5.10 Å². The maximum absolute atomic E-state index is 14.7. The number of carboxylic acid groups (broad SMARTS) is 1. The predicted octanol–water partition coefficient (Wildman–Crippen LogP) is 2.69. The number of hydrogen-bond acceptors (Lipinski definition) is 7. The van der Waals surface area contributed by atoms with Gasteiger partial charge in [-0.05, 0) is 42.7 Å². The fourth-order valence-electron chi connectivity index (χ4n) is 3.29. The minimum atomic E-state index is -4.62. The van der Waals surface area contributed by atoms with Gasteiger partial charge in [0, 0.05) is 12.1 Å². The van der Waals surface area contributed by atoms with Gasteiger partial charge in [0.1, 0.15) is 11.9 Å². The highest BCUT2D eigenvalue weighted by molar-refractivity contribution is 7.89. The summed E-state index contributed by atoms with van der Waals surface area (Å²) in [4.78, 5) is 26.7. The second-order valence-electron chi connectivity index (χ2n) is 7.05. The van der Waals surface area contributed by atoms with E-state index >= 15 is 0 Å². The van der Waals surface area contributed by atoms with Crippen LogP contribution in [0.2, 0.25) is 5.02 Å². The fraction of sp³-hybridized carbons (Fsp3) is 0.263. The third-order valence-electron chi connectivity index (χ3n) is 4.99. The Labute approximate surface area is 186 Å². The molecule has 0 bridgehead atoms. The van der Waals surface area contributed by atoms with Crippen LogP contribution in [0.3, 0.4) is 0 Å². The summed E-state index contributed by atoms with van der Waals surface area (Å²) in [7, 11) is -4.62. The molecule has 13 heteroatoms. The molecule has 3 rings (SSSR count). The molecule has 32 heavy (non-hydrogen) atoms. The van der Waals surface area contributed by atoms with Crippen LogP contribution in [0, 0.1) is 19.7 Å². The van der Waals surface area contributed by atoms with Crippen molar-refractivity contribution in [3.8, 4) is 0 Å². The Kier molecular flexibility index (Phi) is 6.49. The number of hydrogen-bond donors (Lipinski definition) is 3. The summed E-state index contributed by atoms with van der Waals surface area (Å²) in [5, 5.41) is 14.2. The molecule has 0 aliphatic heterocycles. The molecular formula is C19H18ClFN4O6S. The molecule has 170 valence electrons. The average Bonchev–Trinajstić information content (AvgIpc) is 3.15. The highest BCUT2D eigenvalue weighted by Gasteiger charge is 2.35. The van der Waals surface area contributed by atoms with Crippen molar-refractivity contribution in [1.82, 2.24) is 19.9 Å². The van der Waals surface area contributed by atoms with Crippen molar-refractivity contribution in [3.63, 3.8) is 0 Å². The average molecular weight is 485 g/mol. The van der Waals surface area contributed by atoms with Crippen LogP contribution in [-0.4, -0.2) is 34.7 Å². The number of aryl methyl sites for hydroxylation is 1. The van der Waals surface area contributed by atoms with Crippen LogP contribution in [0.15, 0.2) is 38.6 Å². The molecule has 0 spiro atoms. The van der Waals surface area contributed by atoms with E-state index in [9.17, 15) is 27.5 Å². The molecule has 10 nitrogen and oxygen atoms in total. The highest BCUT2D eigenvalue weighted by atomic mass is 35.5. The standard InChI is InChI=1S/C19H18ClFN4O6S/c1-8-4-5-13(21)14(9(8)2)10(3)15(16-23-24-19(28)31-16)25-32(29,30)17-12(18(26)27)6-11(20)7-22-17/h4-7,10,15,25H,1-3H3,(H,24,28)(H,26,27)/t10-,15+/m1/s1. The van der Waals surface area contributed by atoms with Gasteiger partial charge in [0.05, 0.1) is 10.6 Å². The van der Waals surface area contributed by atoms with Gasteiger partial charge in [-0.3, -0.25) is 0 Å². The number of nitrogens with one attached hydrogen (secondary N) is 2. The number of carbonyl (C=O) groups is 1. The van der Waals surface area contributed by atoms with Gasteiger partial charge < -0.3 is 9.52 Å². The summed E-state index contributed by atoms with van der Waals surface area (Å²) in [6, 6.07) is 2.37. The molecule has 3 N–H and O–H groups in total. The Morgan fingerprint density at radius 2 is 2.03 bits per heavy atom. The lowest BCUT2D eigenvalue weighted by Crippen LogP contribution is -2.34. The van der Waals surface area contributed by atoms with Crippen LogP contribution in [0.4, 0.5) is 4.39 Å². The van der Waals surface area contributed by atoms with Crippen molar-refractivity contribution in [3.05, 3.63) is 73.9 Å². The van der Waals surface area contributed by atoms with Crippen LogP contribution in [-0.2, 0) is 10.0 Å². The van der Waals surface area contributed by atoms with Crippen LogP contribution in [0.25, 0.3) is 0 Å². The first-order valence-electron chi connectivity index (χ1n) is 9.14. The highest BCUT2D eigenvalue weighted by Crippen LogP contribution is 2.35. The van der Waals surface area contributed by atoms with Crippen molar-refractivity contribution in [2.45, 2.75) is 37.8 Å². The van der Waals surface area contributed by atoms with Gasteiger partial charge in [-0.1, -0.05) is 24.6 Å².